The third kappa shape index (κ3) is 7.96. The number of benzene rings is 2. The van der Waals surface area contributed by atoms with Crippen molar-refractivity contribution in [3.63, 3.8) is 0 Å². The maximum atomic E-state index is 13.1. The maximum absolute atomic E-state index is 13.1. The van der Waals surface area contributed by atoms with Crippen molar-refractivity contribution in [2.45, 2.75) is 46.7 Å². The minimum absolute atomic E-state index is 0.150. The van der Waals surface area contributed by atoms with Crippen LogP contribution in [0.15, 0.2) is 51.4 Å². The van der Waals surface area contributed by atoms with E-state index in [1.165, 1.54) is 5.56 Å². The van der Waals surface area contributed by atoms with Gasteiger partial charge >= 0.3 is 0 Å². The predicted molar refractivity (Wildman–Crippen MR) is 131 cm³/mol. The van der Waals surface area contributed by atoms with E-state index in [9.17, 15) is 9.59 Å². The molecule has 0 aliphatic carbocycles. The molecular weight excluding hydrogens is 524 g/mol. The summed E-state index contributed by atoms with van der Waals surface area (Å²) >= 11 is 6.93. The summed E-state index contributed by atoms with van der Waals surface area (Å²) in [7, 11) is 0. The summed E-state index contributed by atoms with van der Waals surface area (Å²) in [5, 5.41) is 2.92. The van der Waals surface area contributed by atoms with Gasteiger partial charge in [-0.3, -0.25) is 9.59 Å². The monoisotopic (exact) mass is 552 g/mol. The van der Waals surface area contributed by atoms with Crippen LogP contribution in [0.5, 0.6) is 5.75 Å². The molecule has 0 saturated heterocycles. The Labute approximate surface area is 201 Å². The molecule has 0 unspecified atom stereocenters. The Balaban J connectivity index is 2.14. The molecule has 0 aliphatic rings. The fourth-order valence-corrected chi connectivity index (χ4v) is 3.73. The molecule has 31 heavy (non-hydrogen) atoms. The zero-order valence-electron chi connectivity index (χ0n) is 18.5. The highest BCUT2D eigenvalue weighted by Gasteiger charge is 2.26. The van der Waals surface area contributed by atoms with Crippen LogP contribution in [0.3, 0.4) is 0 Å². The minimum Gasteiger partial charge on any atom is -0.483 e. The summed E-state index contributed by atoms with van der Waals surface area (Å²) in [5.74, 6) is 0.513. The third-order valence-electron chi connectivity index (χ3n) is 4.87. The van der Waals surface area contributed by atoms with Crippen LogP contribution in [0.2, 0.25) is 0 Å². The second kappa shape index (κ2) is 12.2. The van der Waals surface area contributed by atoms with Crippen molar-refractivity contribution < 1.29 is 14.3 Å². The third-order valence-corrected chi connectivity index (χ3v) is 6.02. The molecule has 0 fully saturated rings. The van der Waals surface area contributed by atoms with Gasteiger partial charge < -0.3 is 15.0 Å². The van der Waals surface area contributed by atoms with Crippen molar-refractivity contribution in [3.05, 3.63) is 62.5 Å². The highest BCUT2D eigenvalue weighted by Crippen LogP contribution is 2.26. The average Bonchev–Trinajstić information content (AvgIpc) is 2.75. The van der Waals surface area contributed by atoms with Crippen LogP contribution in [-0.4, -0.2) is 35.9 Å². The van der Waals surface area contributed by atoms with E-state index in [2.05, 4.69) is 44.1 Å². The lowest BCUT2D eigenvalue weighted by Gasteiger charge is -2.29. The second-order valence-electron chi connectivity index (χ2n) is 7.87. The number of carbonyl (C=O) groups is 2. The van der Waals surface area contributed by atoms with Crippen LogP contribution < -0.4 is 10.1 Å². The first-order valence-electron chi connectivity index (χ1n) is 10.4. The zero-order valence-corrected chi connectivity index (χ0v) is 21.6. The molecule has 2 aromatic rings. The lowest BCUT2D eigenvalue weighted by atomic mass is 10.1. The number of halogens is 2. The van der Waals surface area contributed by atoms with Gasteiger partial charge in [-0.15, -0.1) is 0 Å². The van der Waals surface area contributed by atoms with Gasteiger partial charge in [0.1, 0.15) is 11.8 Å². The molecule has 0 radical (unpaired) electrons. The molecule has 0 bridgehead atoms. The van der Waals surface area contributed by atoms with Gasteiger partial charge in [-0.05, 0) is 70.6 Å². The molecule has 5 nitrogen and oxygen atoms in total. The molecule has 7 heteroatoms. The number of nitrogens with one attached hydrogen (secondary N) is 1. The van der Waals surface area contributed by atoms with Crippen molar-refractivity contribution >= 4 is 43.7 Å². The standard InChI is InChI=1S/C24H30Br2N2O3/c1-5-18-8-11-22(21(26)12-18)31-15-23(29)28(14-19-6-9-20(25)10-7-19)17(4)24(30)27-13-16(2)3/h6-12,16-17H,5,13-15H2,1-4H3,(H,27,30)/t17-/m0/s1. The fraction of sp³-hybridized carbons (Fsp3) is 0.417. The van der Waals surface area contributed by atoms with Gasteiger partial charge in [0.25, 0.3) is 5.91 Å². The average molecular weight is 554 g/mol. The molecular formula is C24H30Br2N2O3. The van der Waals surface area contributed by atoms with Gasteiger partial charge in [-0.2, -0.15) is 0 Å². The number of hydrogen-bond acceptors (Lipinski definition) is 3. The smallest absolute Gasteiger partial charge is 0.261 e. The Kier molecular flexibility index (Phi) is 10.0. The Hall–Kier alpha value is -1.86. The van der Waals surface area contributed by atoms with Crippen molar-refractivity contribution in [1.82, 2.24) is 10.2 Å². The molecule has 168 valence electrons. The molecule has 0 heterocycles. The summed E-state index contributed by atoms with van der Waals surface area (Å²) in [5.41, 5.74) is 2.12. The molecule has 1 N–H and O–H groups in total. The predicted octanol–water partition coefficient (Wildman–Crippen LogP) is 5.34. The van der Waals surface area contributed by atoms with Crippen LogP contribution in [0, 0.1) is 5.92 Å². The van der Waals surface area contributed by atoms with Crippen LogP contribution in [0.1, 0.15) is 38.8 Å². The van der Waals surface area contributed by atoms with E-state index in [0.29, 0.717) is 24.8 Å². The highest BCUT2D eigenvalue weighted by atomic mass is 79.9. The number of nitrogens with zero attached hydrogens (tertiary/aromatic N) is 1. The van der Waals surface area contributed by atoms with Gasteiger partial charge in [-0.25, -0.2) is 0 Å². The number of rotatable bonds is 10. The second-order valence-corrected chi connectivity index (χ2v) is 9.64. The summed E-state index contributed by atoms with van der Waals surface area (Å²) in [6.07, 6.45) is 0.918. The molecule has 1 atom stereocenters. The van der Waals surface area contributed by atoms with Crippen LogP contribution >= 0.6 is 31.9 Å². The SMILES string of the molecule is CCc1ccc(OCC(=O)N(Cc2ccc(Br)cc2)[C@@H](C)C(=O)NCC(C)C)c(Br)c1. The zero-order chi connectivity index (χ0) is 23.0. The van der Waals surface area contributed by atoms with Crippen molar-refractivity contribution in [1.29, 1.82) is 0 Å². The molecule has 2 aromatic carbocycles. The molecule has 2 rings (SSSR count). The maximum Gasteiger partial charge on any atom is 0.261 e. The van der Waals surface area contributed by atoms with Gasteiger partial charge in [0.2, 0.25) is 5.91 Å². The van der Waals surface area contributed by atoms with Crippen LogP contribution in [0.4, 0.5) is 0 Å². The Morgan fingerprint density at radius 3 is 2.26 bits per heavy atom. The summed E-state index contributed by atoms with van der Waals surface area (Å²) in [6, 6.07) is 12.9. The number of amides is 2. The summed E-state index contributed by atoms with van der Waals surface area (Å²) in [6.45, 7) is 8.63. The van der Waals surface area contributed by atoms with E-state index in [1.807, 2.05) is 56.3 Å². The van der Waals surface area contributed by atoms with E-state index in [1.54, 1.807) is 11.8 Å². The van der Waals surface area contributed by atoms with E-state index in [4.69, 9.17) is 4.74 Å². The molecule has 2 amide bonds. The molecule has 0 aliphatic heterocycles. The largest absolute Gasteiger partial charge is 0.483 e. The lowest BCUT2D eigenvalue weighted by molar-refractivity contribution is -0.142. The Bertz CT molecular complexity index is 885. The van der Waals surface area contributed by atoms with E-state index in [-0.39, 0.29) is 18.4 Å². The van der Waals surface area contributed by atoms with Gasteiger partial charge in [0, 0.05) is 17.6 Å². The minimum atomic E-state index is -0.621. The van der Waals surface area contributed by atoms with Gasteiger partial charge in [0.05, 0.1) is 4.47 Å². The number of ether oxygens (including phenoxy) is 1. The van der Waals surface area contributed by atoms with Crippen molar-refractivity contribution in [2.24, 2.45) is 5.92 Å². The van der Waals surface area contributed by atoms with Crippen LogP contribution in [-0.2, 0) is 22.6 Å². The van der Waals surface area contributed by atoms with Crippen LogP contribution in [0.25, 0.3) is 0 Å². The topological polar surface area (TPSA) is 58.6 Å². The number of carbonyl (C=O) groups excluding carboxylic acids is 2. The molecule has 0 aromatic heterocycles. The molecule has 0 spiro atoms. The first-order chi connectivity index (χ1) is 14.7. The number of hydrogen-bond donors (Lipinski definition) is 1. The first-order valence-corrected chi connectivity index (χ1v) is 12.0. The Morgan fingerprint density at radius 2 is 1.68 bits per heavy atom. The number of aryl methyl sites for hydroxylation is 1. The summed E-state index contributed by atoms with van der Waals surface area (Å²) < 4.78 is 7.55. The van der Waals surface area contributed by atoms with Crippen molar-refractivity contribution in [3.8, 4) is 5.75 Å². The Morgan fingerprint density at radius 1 is 1.03 bits per heavy atom. The van der Waals surface area contributed by atoms with Gasteiger partial charge in [0.15, 0.2) is 6.61 Å². The van der Waals surface area contributed by atoms with E-state index >= 15 is 0 Å². The lowest BCUT2D eigenvalue weighted by Crippen LogP contribution is -2.49. The fourth-order valence-electron chi connectivity index (χ4n) is 2.93. The van der Waals surface area contributed by atoms with Gasteiger partial charge in [-0.1, -0.05) is 54.9 Å². The van der Waals surface area contributed by atoms with E-state index < -0.39 is 6.04 Å². The normalized spacial score (nSPS) is 11.8. The first kappa shape index (κ1) is 25.4. The molecule has 0 saturated carbocycles. The summed E-state index contributed by atoms with van der Waals surface area (Å²) in [4.78, 5) is 27.3. The highest BCUT2D eigenvalue weighted by molar-refractivity contribution is 9.10. The quantitative estimate of drug-likeness (QED) is 0.432. The van der Waals surface area contributed by atoms with E-state index in [0.717, 1.165) is 20.9 Å². The van der Waals surface area contributed by atoms with Crippen molar-refractivity contribution in [2.75, 3.05) is 13.2 Å².